The highest BCUT2D eigenvalue weighted by Crippen LogP contribution is 2.21. The van der Waals surface area contributed by atoms with Gasteiger partial charge in [0.05, 0.1) is 19.0 Å². The van der Waals surface area contributed by atoms with Gasteiger partial charge in [0.25, 0.3) is 0 Å². The largest absolute Gasteiger partial charge is 0.465 e. The van der Waals surface area contributed by atoms with Gasteiger partial charge in [-0.05, 0) is 20.8 Å². The quantitative estimate of drug-likeness (QED) is 0.589. The van der Waals surface area contributed by atoms with Crippen LogP contribution in [0.5, 0.6) is 0 Å². The summed E-state index contributed by atoms with van der Waals surface area (Å²) < 4.78 is 4.98. The van der Waals surface area contributed by atoms with Gasteiger partial charge in [-0.15, -0.1) is 7.05 Å². The number of carbonyl (C=O) groups excluding carboxylic acids is 1. The van der Waals surface area contributed by atoms with Crippen molar-refractivity contribution < 1.29 is 14.8 Å². The summed E-state index contributed by atoms with van der Waals surface area (Å²) in [7, 11) is 3.62. The van der Waals surface area contributed by atoms with Crippen LogP contribution in [0.2, 0.25) is 0 Å². The lowest BCUT2D eigenvalue weighted by atomic mass is 9.92. The Kier molecular flexibility index (Phi) is 3.95. The first kappa shape index (κ1) is 12.6. The molecule has 0 saturated carbocycles. The third kappa shape index (κ3) is 2.55. The predicted octanol–water partition coefficient (Wildman–Crippen LogP) is 0.304. The molecule has 0 aromatic carbocycles. The highest BCUT2D eigenvalue weighted by molar-refractivity contribution is 5.80. The van der Waals surface area contributed by atoms with Crippen molar-refractivity contribution in [2.45, 2.75) is 26.2 Å². The van der Waals surface area contributed by atoms with Crippen molar-refractivity contribution >= 4 is 11.7 Å². The van der Waals surface area contributed by atoms with Gasteiger partial charge in [-0.3, -0.25) is 4.79 Å². The standard InChI is InChI=1S/C11H17N3O2/c1-5-16-10(15)11(2,3)9-13-6-8(12-4)7-14-9/h6-7H,4-5,12H2,1-3H3. The Morgan fingerprint density at radius 2 is 2.06 bits per heavy atom. The average Bonchev–Trinajstić information content (AvgIpc) is 2.29. The Hall–Kier alpha value is -1.49. The fourth-order valence-electron chi connectivity index (χ4n) is 1.17. The number of carbonyl (C=O) groups is 1. The van der Waals surface area contributed by atoms with Crippen LogP contribution in [0.15, 0.2) is 12.4 Å². The summed E-state index contributed by atoms with van der Waals surface area (Å²) in [6, 6.07) is 0. The highest BCUT2D eigenvalue weighted by atomic mass is 16.5. The number of nitrogens with zero attached hydrogens (tertiary/aromatic N) is 2. The molecule has 5 heteroatoms. The van der Waals surface area contributed by atoms with Crippen molar-refractivity contribution in [3.8, 4) is 0 Å². The van der Waals surface area contributed by atoms with Gasteiger partial charge in [-0.25, -0.2) is 9.97 Å². The Labute approximate surface area is 95.3 Å². The Bertz CT molecular complexity index is 360. The smallest absolute Gasteiger partial charge is 0.319 e. The molecule has 0 aliphatic rings. The van der Waals surface area contributed by atoms with Gasteiger partial charge in [0.1, 0.15) is 16.9 Å². The molecule has 0 spiro atoms. The summed E-state index contributed by atoms with van der Waals surface area (Å²) in [4.78, 5) is 20.0. The zero-order valence-corrected chi connectivity index (χ0v) is 9.86. The maximum absolute atomic E-state index is 11.7. The van der Waals surface area contributed by atoms with E-state index in [0.29, 0.717) is 12.4 Å². The fourth-order valence-corrected chi connectivity index (χ4v) is 1.17. The highest BCUT2D eigenvalue weighted by Gasteiger charge is 2.34. The molecule has 0 radical (unpaired) electrons. The third-order valence-electron chi connectivity index (χ3n) is 2.25. The van der Waals surface area contributed by atoms with Crippen LogP contribution >= 0.6 is 0 Å². The molecule has 5 nitrogen and oxygen atoms in total. The van der Waals surface area contributed by atoms with Crippen molar-refractivity contribution in [2.24, 2.45) is 0 Å². The van der Waals surface area contributed by atoms with Gasteiger partial charge in [0.15, 0.2) is 0 Å². The fraction of sp³-hybridized carbons (Fsp3) is 0.455. The van der Waals surface area contributed by atoms with Gasteiger partial charge in [-0.1, -0.05) is 0 Å². The molecule has 0 aliphatic heterocycles. The number of hydrogen-bond acceptors (Lipinski definition) is 4. The van der Waals surface area contributed by atoms with Crippen LogP contribution < -0.4 is 5.32 Å². The Morgan fingerprint density at radius 1 is 1.50 bits per heavy atom. The van der Waals surface area contributed by atoms with E-state index in [0.717, 1.165) is 5.69 Å². The van der Waals surface area contributed by atoms with E-state index in [1.807, 2.05) is 0 Å². The SMILES string of the molecule is [CH2-][NH2+]c1cnc(C(C)(C)C(=O)OCC)nc1. The molecule has 0 bridgehead atoms. The number of aromatic nitrogens is 2. The minimum Gasteiger partial charge on any atom is -0.465 e. The van der Waals surface area contributed by atoms with E-state index in [4.69, 9.17) is 4.74 Å². The second-order valence-corrected chi connectivity index (χ2v) is 3.89. The van der Waals surface area contributed by atoms with Gasteiger partial charge in [0, 0.05) is 0 Å². The summed E-state index contributed by atoms with van der Waals surface area (Å²) in [6.07, 6.45) is 3.27. The Morgan fingerprint density at radius 3 is 2.50 bits per heavy atom. The minimum atomic E-state index is -0.824. The topological polar surface area (TPSA) is 68.7 Å². The van der Waals surface area contributed by atoms with E-state index < -0.39 is 5.41 Å². The molecule has 88 valence electrons. The van der Waals surface area contributed by atoms with Crippen molar-refractivity contribution in [1.29, 1.82) is 0 Å². The number of ether oxygens (including phenoxy) is 1. The van der Waals surface area contributed by atoms with E-state index in [2.05, 4.69) is 17.0 Å². The van der Waals surface area contributed by atoms with Crippen molar-refractivity contribution in [1.82, 2.24) is 9.97 Å². The molecule has 1 rings (SSSR count). The van der Waals surface area contributed by atoms with Crippen LogP contribution in [-0.2, 0) is 14.9 Å². The molecule has 0 fully saturated rings. The lowest BCUT2D eigenvalue weighted by Crippen LogP contribution is -2.69. The molecule has 1 aromatic rings. The summed E-state index contributed by atoms with van der Waals surface area (Å²) >= 11 is 0. The van der Waals surface area contributed by atoms with Crippen LogP contribution in [0.3, 0.4) is 0 Å². The van der Waals surface area contributed by atoms with Crippen LogP contribution in [0.4, 0.5) is 5.69 Å². The number of esters is 1. The molecule has 1 aromatic heterocycles. The molecule has 0 unspecified atom stereocenters. The monoisotopic (exact) mass is 223 g/mol. The molecule has 2 N–H and O–H groups in total. The first-order valence-electron chi connectivity index (χ1n) is 5.14. The summed E-state index contributed by atoms with van der Waals surface area (Å²) in [5, 5.41) is 1.65. The maximum Gasteiger partial charge on any atom is 0.319 e. The van der Waals surface area contributed by atoms with Gasteiger partial charge >= 0.3 is 5.97 Å². The lowest BCUT2D eigenvalue weighted by molar-refractivity contribution is -0.505. The zero-order chi connectivity index (χ0) is 12.2. The molecular formula is C11H17N3O2. The van der Waals surface area contributed by atoms with Gasteiger partial charge in [0.2, 0.25) is 0 Å². The molecule has 0 atom stereocenters. The van der Waals surface area contributed by atoms with E-state index in [1.165, 1.54) is 0 Å². The first-order chi connectivity index (χ1) is 7.52. The molecule has 0 saturated heterocycles. The van der Waals surface area contributed by atoms with E-state index in [-0.39, 0.29) is 5.97 Å². The van der Waals surface area contributed by atoms with Gasteiger partial charge in [-0.2, -0.15) is 0 Å². The number of quaternary nitrogens is 1. The molecule has 0 amide bonds. The van der Waals surface area contributed by atoms with Crippen molar-refractivity contribution in [3.05, 3.63) is 25.3 Å². The molecule has 0 aliphatic carbocycles. The first-order valence-corrected chi connectivity index (χ1v) is 5.14. The minimum absolute atomic E-state index is 0.318. The second kappa shape index (κ2) is 5.03. The van der Waals surface area contributed by atoms with Gasteiger partial charge < -0.3 is 10.1 Å². The van der Waals surface area contributed by atoms with E-state index in [1.54, 1.807) is 38.5 Å². The van der Waals surface area contributed by atoms with E-state index in [9.17, 15) is 4.79 Å². The lowest BCUT2D eigenvalue weighted by Gasteiger charge is -2.20. The average molecular weight is 223 g/mol. The van der Waals surface area contributed by atoms with Crippen LogP contribution in [-0.4, -0.2) is 22.5 Å². The predicted molar refractivity (Wildman–Crippen MR) is 58.6 cm³/mol. The summed E-state index contributed by atoms with van der Waals surface area (Å²) in [5.41, 5.74) is -0.00110. The Balaban J connectivity index is 2.93. The zero-order valence-electron chi connectivity index (χ0n) is 9.86. The normalized spacial score (nSPS) is 11.2. The summed E-state index contributed by atoms with van der Waals surface area (Å²) in [6.45, 7) is 5.62. The number of hydrogen-bond donors (Lipinski definition) is 1. The number of nitrogens with two attached hydrogens (primary N) is 1. The van der Waals surface area contributed by atoms with E-state index >= 15 is 0 Å². The second-order valence-electron chi connectivity index (χ2n) is 3.89. The van der Waals surface area contributed by atoms with Crippen LogP contribution in [0.1, 0.15) is 26.6 Å². The van der Waals surface area contributed by atoms with Crippen LogP contribution in [0, 0.1) is 7.05 Å². The summed E-state index contributed by atoms with van der Waals surface area (Å²) in [5.74, 6) is 0.137. The van der Waals surface area contributed by atoms with Crippen LogP contribution in [0.25, 0.3) is 0 Å². The molecule has 16 heavy (non-hydrogen) atoms. The van der Waals surface area contributed by atoms with Crippen molar-refractivity contribution in [2.75, 3.05) is 6.61 Å². The van der Waals surface area contributed by atoms with Crippen molar-refractivity contribution in [3.63, 3.8) is 0 Å². The third-order valence-corrected chi connectivity index (χ3v) is 2.25. The molecular weight excluding hydrogens is 206 g/mol. The molecule has 1 heterocycles. The number of rotatable bonds is 4. The maximum atomic E-state index is 11.7.